The van der Waals surface area contributed by atoms with E-state index in [1.807, 2.05) is 12.1 Å². The molecule has 140 valence electrons. The number of hydrogen-bond acceptors (Lipinski definition) is 5. The van der Waals surface area contributed by atoms with E-state index in [4.69, 9.17) is 15.2 Å². The molecule has 0 aliphatic rings. The predicted molar refractivity (Wildman–Crippen MR) is 103 cm³/mol. The van der Waals surface area contributed by atoms with Crippen LogP contribution in [-0.2, 0) is 6.42 Å². The number of nitrogens with two attached hydrogens (primary N) is 1. The Morgan fingerprint density at radius 1 is 1.19 bits per heavy atom. The van der Waals surface area contributed by atoms with Crippen molar-refractivity contribution in [2.75, 3.05) is 26.0 Å². The van der Waals surface area contributed by atoms with E-state index >= 15 is 0 Å². The average Bonchev–Trinajstić information content (AvgIpc) is 2.66. The Bertz CT molecular complexity index is 705. The minimum Gasteiger partial charge on any atom is -0.493 e. The van der Waals surface area contributed by atoms with Crippen LogP contribution >= 0.6 is 0 Å². The van der Waals surface area contributed by atoms with Gasteiger partial charge in [-0.15, -0.1) is 0 Å². The van der Waals surface area contributed by atoms with Crippen molar-refractivity contribution in [3.8, 4) is 11.5 Å². The van der Waals surface area contributed by atoms with Crippen LogP contribution in [0.15, 0.2) is 36.7 Å². The fourth-order valence-electron chi connectivity index (χ4n) is 2.54. The molecule has 0 spiro atoms. The largest absolute Gasteiger partial charge is 0.493 e. The van der Waals surface area contributed by atoms with Crippen LogP contribution in [-0.4, -0.2) is 31.2 Å². The Morgan fingerprint density at radius 2 is 1.96 bits per heavy atom. The second kappa shape index (κ2) is 10.3. The SMILES string of the molecule is CCCCCOc1cc(C(=O)NCCc2ccncc2)c(N)cc1OC. The predicted octanol–water partition coefficient (Wildman–Crippen LogP) is 3.21. The molecular weight excluding hydrogens is 330 g/mol. The van der Waals surface area contributed by atoms with E-state index < -0.39 is 0 Å². The van der Waals surface area contributed by atoms with Crippen LogP contribution in [0, 0.1) is 0 Å². The third-order valence-corrected chi connectivity index (χ3v) is 4.03. The van der Waals surface area contributed by atoms with E-state index in [0.717, 1.165) is 31.2 Å². The number of ether oxygens (including phenoxy) is 2. The molecule has 6 heteroatoms. The molecule has 0 saturated heterocycles. The lowest BCUT2D eigenvalue weighted by Gasteiger charge is -2.14. The first-order valence-corrected chi connectivity index (χ1v) is 8.93. The molecule has 3 N–H and O–H groups in total. The number of aromatic nitrogens is 1. The molecule has 0 fully saturated rings. The van der Waals surface area contributed by atoms with E-state index in [0.29, 0.717) is 35.9 Å². The number of benzene rings is 1. The first-order valence-electron chi connectivity index (χ1n) is 8.93. The van der Waals surface area contributed by atoms with Gasteiger partial charge in [-0.3, -0.25) is 9.78 Å². The lowest BCUT2D eigenvalue weighted by atomic mass is 10.1. The van der Waals surface area contributed by atoms with Gasteiger partial charge in [-0.1, -0.05) is 19.8 Å². The summed E-state index contributed by atoms with van der Waals surface area (Å²) in [6.45, 7) is 3.23. The average molecular weight is 357 g/mol. The molecule has 0 atom stereocenters. The number of nitrogens with one attached hydrogen (secondary N) is 1. The van der Waals surface area contributed by atoms with Crippen LogP contribution in [0.3, 0.4) is 0 Å². The maximum absolute atomic E-state index is 12.5. The zero-order valence-electron chi connectivity index (χ0n) is 15.5. The highest BCUT2D eigenvalue weighted by Gasteiger charge is 2.15. The van der Waals surface area contributed by atoms with Gasteiger partial charge in [0.1, 0.15) is 0 Å². The topological polar surface area (TPSA) is 86.5 Å². The van der Waals surface area contributed by atoms with Gasteiger partial charge in [-0.25, -0.2) is 0 Å². The summed E-state index contributed by atoms with van der Waals surface area (Å²) in [6, 6.07) is 7.14. The molecule has 1 aromatic heterocycles. The molecule has 0 unspecified atom stereocenters. The summed E-state index contributed by atoms with van der Waals surface area (Å²) in [6.07, 6.45) is 7.37. The summed E-state index contributed by atoms with van der Waals surface area (Å²) in [5.41, 5.74) is 7.89. The van der Waals surface area contributed by atoms with Crippen molar-refractivity contribution >= 4 is 11.6 Å². The molecule has 1 heterocycles. The van der Waals surface area contributed by atoms with Gasteiger partial charge in [0, 0.05) is 30.7 Å². The number of amides is 1. The number of methoxy groups -OCH3 is 1. The number of carbonyl (C=O) groups is 1. The molecule has 2 rings (SSSR count). The first-order chi connectivity index (χ1) is 12.7. The lowest BCUT2D eigenvalue weighted by molar-refractivity contribution is 0.0954. The van der Waals surface area contributed by atoms with Gasteiger partial charge in [0.05, 0.1) is 19.3 Å². The number of carbonyl (C=O) groups excluding carboxylic acids is 1. The quantitative estimate of drug-likeness (QED) is 0.504. The van der Waals surface area contributed by atoms with Crippen molar-refractivity contribution in [1.29, 1.82) is 0 Å². The number of hydrogen-bond donors (Lipinski definition) is 2. The Morgan fingerprint density at radius 3 is 2.65 bits per heavy atom. The number of rotatable bonds is 10. The van der Waals surface area contributed by atoms with Gasteiger partial charge < -0.3 is 20.5 Å². The zero-order chi connectivity index (χ0) is 18.8. The fourth-order valence-corrected chi connectivity index (χ4v) is 2.54. The molecule has 0 aliphatic carbocycles. The van der Waals surface area contributed by atoms with Crippen LogP contribution in [0.2, 0.25) is 0 Å². The molecule has 1 amide bonds. The molecular formula is C20H27N3O3. The van der Waals surface area contributed by atoms with E-state index in [1.54, 1.807) is 31.6 Å². The third-order valence-electron chi connectivity index (χ3n) is 4.03. The fraction of sp³-hybridized carbons (Fsp3) is 0.400. The standard InChI is InChI=1S/C20H27N3O3/c1-3-4-5-12-26-19-13-16(17(21)14-18(19)25-2)20(24)23-11-8-15-6-9-22-10-7-15/h6-7,9-10,13-14H,3-5,8,11-12,21H2,1-2H3,(H,23,24). The number of nitrogens with zero attached hydrogens (tertiary/aromatic N) is 1. The molecule has 0 radical (unpaired) electrons. The maximum Gasteiger partial charge on any atom is 0.253 e. The van der Waals surface area contributed by atoms with Crippen molar-refractivity contribution in [3.05, 3.63) is 47.8 Å². The third kappa shape index (κ3) is 5.65. The molecule has 26 heavy (non-hydrogen) atoms. The van der Waals surface area contributed by atoms with Crippen LogP contribution in [0.1, 0.15) is 42.1 Å². The van der Waals surface area contributed by atoms with E-state index in [1.165, 1.54) is 0 Å². The Balaban J connectivity index is 2.00. The second-order valence-electron chi connectivity index (χ2n) is 6.01. The van der Waals surface area contributed by atoms with Crippen LogP contribution in [0.25, 0.3) is 0 Å². The summed E-state index contributed by atoms with van der Waals surface area (Å²) in [4.78, 5) is 16.5. The van der Waals surface area contributed by atoms with Crippen molar-refractivity contribution in [2.24, 2.45) is 0 Å². The van der Waals surface area contributed by atoms with Gasteiger partial charge in [0.25, 0.3) is 5.91 Å². The van der Waals surface area contributed by atoms with Crippen molar-refractivity contribution < 1.29 is 14.3 Å². The normalized spacial score (nSPS) is 10.4. The Hall–Kier alpha value is -2.76. The maximum atomic E-state index is 12.5. The number of anilines is 1. The highest BCUT2D eigenvalue weighted by molar-refractivity contribution is 6.00. The number of pyridine rings is 1. The van der Waals surface area contributed by atoms with Crippen molar-refractivity contribution in [3.63, 3.8) is 0 Å². The molecule has 6 nitrogen and oxygen atoms in total. The molecule has 0 bridgehead atoms. The van der Waals surface area contributed by atoms with Crippen LogP contribution in [0.4, 0.5) is 5.69 Å². The van der Waals surface area contributed by atoms with E-state index in [-0.39, 0.29) is 5.91 Å². The number of unbranched alkanes of at least 4 members (excludes halogenated alkanes) is 2. The van der Waals surface area contributed by atoms with E-state index in [2.05, 4.69) is 17.2 Å². The summed E-state index contributed by atoms with van der Waals surface area (Å²) >= 11 is 0. The van der Waals surface area contributed by atoms with E-state index in [9.17, 15) is 4.79 Å². The number of nitrogen functional groups attached to an aromatic ring is 1. The Kier molecular flexibility index (Phi) is 7.74. The molecule has 0 aliphatic heterocycles. The van der Waals surface area contributed by atoms with Gasteiger partial charge >= 0.3 is 0 Å². The van der Waals surface area contributed by atoms with Crippen LogP contribution < -0.4 is 20.5 Å². The van der Waals surface area contributed by atoms with Crippen LogP contribution in [0.5, 0.6) is 11.5 Å². The van der Waals surface area contributed by atoms with Crippen molar-refractivity contribution in [2.45, 2.75) is 32.6 Å². The summed E-state index contributed by atoms with van der Waals surface area (Å²) in [5.74, 6) is 0.849. The highest BCUT2D eigenvalue weighted by atomic mass is 16.5. The summed E-state index contributed by atoms with van der Waals surface area (Å²) in [7, 11) is 1.56. The molecule has 2 aromatic rings. The highest BCUT2D eigenvalue weighted by Crippen LogP contribution is 2.32. The van der Waals surface area contributed by atoms with Gasteiger partial charge in [0.2, 0.25) is 0 Å². The lowest BCUT2D eigenvalue weighted by Crippen LogP contribution is -2.26. The minimum atomic E-state index is -0.224. The Labute approximate surface area is 154 Å². The molecule has 0 saturated carbocycles. The first kappa shape index (κ1) is 19.6. The van der Waals surface area contributed by atoms with Gasteiger partial charge in [0.15, 0.2) is 11.5 Å². The monoisotopic (exact) mass is 357 g/mol. The second-order valence-corrected chi connectivity index (χ2v) is 6.01. The molecule has 1 aromatic carbocycles. The smallest absolute Gasteiger partial charge is 0.253 e. The summed E-state index contributed by atoms with van der Waals surface area (Å²) < 4.78 is 11.1. The van der Waals surface area contributed by atoms with Gasteiger partial charge in [-0.2, -0.15) is 0 Å². The minimum absolute atomic E-state index is 0.224. The van der Waals surface area contributed by atoms with Gasteiger partial charge in [-0.05, 0) is 36.6 Å². The summed E-state index contributed by atoms with van der Waals surface area (Å²) in [5, 5.41) is 2.89. The van der Waals surface area contributed by atoms with Crippen molar-refractivity contribution in [1.82, 2.24) is 10.3 Å². The zero-order valence-corrected chi connectivity index (χ0v) is 15.5.